The van der Waals surface area contributed by atoms with E-state index in [1.165, 1.54) is 44.3 Å². The molecule has 0 fully saturated rings. The van der Waals surface area contributed by atoms with Crippen molar-refractivity contribution in [2.24, 2.45) is 0 Å². The number of carbonyl (C=O) groups excluding carboxylic acids is 1. The number of nitrogens with zero attached hydrogens (tertiary/aromatic N) is 1. The van der Waals surface area contributed by atoms with E-state index >= 15 is 0 Å². The predicted octanol–water partition coefficient (Wildman–Crippen LogP) is 2.60. The Labute approximate surface area is 134 Å². The van der Waals surface area contributed by atoms with Crippen molar-refractivity contribution in [1.82, 2.24) is 4.31 Å². The Morgan fingerprint density at radius 2 is 1.74 bits per heavy atom. The third-order valence-electron chi connectivity index (χ3n) is 3.23. The summed E-state index contributed by atoms with van der Waals surface area (Å²) in [6.45, 7) is 1.30. The van der Waals surface area contributed by atoms with E-state index in [1.54, 1.807) is 18.2 Å². The average Bonchev–Trinajstić information content (AvgIpc) is 2.49. The molecule has 0 saturated carbocycles. The van der Waals surface area contributed by atoms with E-state index in [1.807, 2.05) is 0 Å². The van der Waals surface area contributed by atoms with Gasteiger partial charge in [0.1, 0.15) is 5.82 Å². The number of hydrogen-bond donors (Lipinski definition) is 1. The maximum Gasteiger partial charge on any atom is 0.243 e. The van der Waals surface area contributed by atoms with E-state index in [-0.39, 0.29) is 17.3 Å². The topological polar surface area (TPSA) is 66.5 Å². The summed E-state index contributed by atoms with van der Waals surface area (Å²) in [7, 11) is -2.35. The Hall–Kier alpha value is -2.25. The molecule has 1 N–H and O–H groups in total. The van der Waals surface area contributed by atoms with Crippen LogP contribution in [0.15, 0.2) is 53.4 Å². The number of sulfonamides is 1. The second-order valence-electron chi connectivity index (χ2n) is 5.06. The van der Waals surface area contributed by atoms with Crippen LogP contribution in [0.5, 0.6) is 0 Å². The fourth-order valence-electron chi connectivity index (χ4n) is 2.04. The standard InChI is InChI=1S/C16H17FN2O3S/c1-12(20)18-14-7-9-15(10-8-14)23(21,22)19(2)11-13-5-3-4-6-16(13)17/h3-10H,11H2,1-2H3,(H,18,20). The number of amides is 1. The molecule has 5 nitrogen and oxygen atoms in total. The van der Waals surface area contributed by atoms with Crippen molar-refractivity contribution in [2.45, 2.75) is 18.4 Å². The normalized spacial score (nSPS) is 11.5. The van der Waals surface area contributed by atoms with Gasteiger partial charge in [0, 0.05) is 31.8 Å². The minimum Gasteiger partial charge on any atom is -0.326 e. The second kappa shape index (κ2) is 6.89. The largest absolute Gasteiger partial charge is 0.326 e. The van der Waals surface area contributed by atoms with Gasteiger partial charge in [-0.3, -0.25) is 4.79 Å². The van der Waals surface area contributed by atoms with E-state index in [4.69, 9.17) is 0 Å². The van der Waals surface area contributed by atoms with Gasteiger partial charge in [-0.15, -0.1) is 0 Å². The van der Waals surface area contributed by atoms with Crippen molar-refractivity contribution < 1.29 is 17.6 Å². The van der Waals surface area contributed by atoms with Crippen molar-refractivity contribution >= 4 is 21.6 Å². The lowest BCUT2D eigenvalue weighted by Crippen LogP contribution is -2.26. The van der Waals surface area contributed by atoms with Gasteiger partial charge < -0.3 is 5.32 Å². The van der Waals surface area contributed by atoms with Crippen molar-refractivity contribution in [3.63, 3.8) is 0 Å². The van der Waals surface area contributed by atoms with E-state index in [0.717, 1.165) is 4.31 Å². The summed E-state index contributed by atoms with van der Waals surface area (Å²) in [5.74, 6) is -0.687. The maximum absolute atomic E-state index is 13.7. The number of benzene rings is 2. The SMILES string of the molecule is CC(=O)Nc1ccc(S(=O)(=O)N(C)Cc2ccccc2F)cc1. The average molecular weight is 336 g/mol. The highest BCUT2D eigenvalue weighted by atomic mass is 32.2. The highest BCUT2D eigenvalue weighted by molar-refractivity contribution is 7.89. The number of rotatable bonds is 5. The smallest absolute Gasteiger partial charge is 0.243 e. The third-order valence-corrected chi connectivity index (χ3v) is 5.05. The first kappa shape index (κ1) is 17.1. The van der Waals surface area contributed by atoms with Gasteiger partial charge in [-0.05, 0) is 30.3 Å². The minimum absolute atomic E-state index is 0.0670. The molecule has 0 bridgehead atoms. The fraction of sp³-hybridized carbons (Fsp3) is 0.188. The number of anilines is 1. The van der Waals surface area contributed by atoms with Crippen LogP contribution in [0, 0.1) is 5.82 Å². The monoisotopic (exact) mass is 336 g/mol. The summed E-state index contributed by atoms with van der Waals surface area (Å²) in [5, 5.41) is 2.56. The zero-order chi connectivity index (χ0) is 17.0. The van der Waals surface area contributed by atoms with Crippen LogP contribution in [0.1, 0.15) is 12.5 Å². The predicted molar refractivity (Wildman–Crippen MR) is 85.8 cm³/mol. The van der Waals surface area contributed by atoms with Crippen molar-refractivity contribution in [1.29, 1.82) is 0 Å². The molecule has 0 atom stereocenters. The number of hydrogen-bond acceptors (Lipinski definition) is 3. The summed E-state index contributed by atoms with van der Waals surface area (Å²) in [4.78, 5) is 11.0. The zero-order valence-electron chi connectivity index (χ0n) is 12.8. The molecule has 7 heteroatoms. The van der Waals surface area contributed by atoms with Crippen molar-refractivity contribution in [3.05, 3.63) is 59.9 Å². The molecule has 1 amide bonds. The molecule has 0 saturated heterocycles. The molecule has 0 aromatic heterocycles. The number of carbonyl (C=O) groups is 1. The van der Waals surface area contributed by atoms with Gasteiger partial charge in [0.05, 0.1) is 4.90 Å². The lowest BCUT2D eigenvalue weighted by atomic mass is 10.2. The van der Waals surface area contributed by atoms with Crippen LogP contribution < -0.4 is 5.32 Å². The van der Waals surface area contributed by atoms with Gasteiger partial charge in [0.15, 0.2) is 0 Å². The molecule has 122 valence electrons. The molecule has 0 unspecified atom stereocenters. The summed E-state index contributed by atoms with van der Waals surface area (Å²) in [6, 6.07) is 11.8. The summed E-state index contributed by atoms with van der Waals surface area (Å²) >= 11 is 0. The molecule has 2 aromatic carbocycles. The molecule has 0 radical (unpaired) electrons. The highest BCUT2D eigenvalue weighted by Gasteiger charge is 2.21. The molecule has 23 heavy (non-hydrogen) atoms. The third kappa shape index (κ3) is 4.14. The van der Waals surface area contributed by atoms with Gasteiger partial charge in [-0.2, -0.15) is 4.31 Å². The highest BCUT2D eigenvalue weighted by Crippen LogP contribution is 2.20. The Morgan fingerprint density at radius 1 is 1.13 bits per heavy atom. The Balaban J connectivity index is 2.20. The Morgan fingerprint density at radius 3 is 2.30 bits per heavy atom. The van der Waals surface area contributed by atoms with E-state index in [2.05, 4.69) is 5.32 Å². The lowest BCUT2D eigenvalue weighted by molar-refractivity contribution is -0.114. The van der Waals surface area contributed by atoms with Gasteiger partial charge in [-0.1, -0.05) is 18.2 Å². The molecule has 0 aliphatic heterocycles. The molecule has 0 heterocycles. The van der Waals surface area contributed by atoms with Crippen LogP contribution in [0.25, 0.3) is 0 Å². The van der Waals surface area contributed by atoms with Crippen molar-refractivity contribution in [3.8, 4) is 0 Å². The first-order valence-corrected chi connectivity index (χ1v) is 8.32. The molecule has 0 spiro atoms. The molecular formula is C16H17FN2O3S. The van der Waals surface area contributed by atoms with Gasteiger partial charge in [-0.25, -0.2) is 12.8 Å². The van der Waals surface area contributed by atoms with Gasteiger partial charge in [0.2, 0.25) is 15.9 Å². The summed E-state index contributed by atoms with van der Waals surface area (Å²) in [5.41, 5.74) is 0.807. The van der Waals surface area contributed by atoms with E-state index in [0.29, 0.717) is 11.3 Å². The van der Waals surface area contributed by atoms with Gasteiger partial charge >= 0.3 is 0 Å². The van der Waals surface area contributed by atoms with Crippen LogP contribution in [0.4, 0.5) is 10.1 Å². The quantitative estimate of drug-likeness (QED) is 0.913. The van der Waals surface area contributed by atoms with Crippen molar-refractivity contribution in [2.75, 3.05) is 12.4 Å². The zero-order valence-corrected chi connectivity index (χ0v) is 13.6. The Bertz CT molecular complexity index is 804. The second-order valence-corrected chi connectivity index (χ2v) is 7.10. The first-order chi connectivity index (χ1) is 10.8. The molecule has 0 aliphatic carbocycles. The first-order valence-electron chi connectivity index (χ1n) is 6.88. The van der Waals surface area contributed by atoms with Crippen LogP contribution in [0.3, 0.4) is 0 Å². The molecule has 2 rings (SSSR count). The summed E-state index contributed by atoms with van der Waals surface area (Å²) in [6.07, 6.45) is 0. The molecule has 2 aromatic rings. The van der Waals surface area contributed by atoms with E-state index < -0.39 is 15.8 Å². The number of halogens is 1. The number of nitrogens with one attached hydrogen (secondary N) is 1. The lowest BCUT2D eigenvalue weighted by Gasteiger charge is -2.18. The maximum atomic E-state index is 13.7. The van der Waals surface area contributed by atoms with Crippen LogP contribution in [-0.2, 0) is 21.4 Å². The molecule has 0 aliphatic rings. The van der Waals surface area contributed by atoms with E-state index in [9.17, 15) is 17.6 Å². The summed E-state index contributed by atoms with van der Waals surface area (Å²) < 4.78 is 39.7. The molecular weight excluding hydrogens is 319 g/mol. The fourth-order valence-corrected chi connectivity index (χ4v) is 3.19. The Kier molecular flexibility index (Phi) is 5.12. The van der Waals surface area contributed by atoms with Crippen LogP contribution in [0.2, 0.25) is 0 Å². The van der Waals surface area contributed by atoms with Crippen LogP contribution in [-0.4, -0.2) is 25.7 Å². The van der Waals surface area contributed by atoms with Gasteiger partial charge in [0.25, 0.3) is 0 Å². The minimum atomic E-state index is -3.75. The van der Waals surface area contributed by atoms with Crippen LogP contribution >= 0.6 is 0 Å².